The van der Waals surface area contributed by atoms with Gasteiger partial charge in [0.05, 0.1) is 5.75 Å². The minimum atomic E-state index is -3.30. The average molecular weight is 444 g/mol. The van der Waals surface area contributed by atoms with Crippen LogP contribution in [0.4, 0.5) is 4.39 Å². The molecule has 0 atom stereocenters. The van der Waals surface area contributed by atoms with E-state index in [1.165, 1.54) is 16.4 Å². The van der Waals surface area contributed by atoms with Crippen LogP contribution in [0.2, 0.25) is 0 Å². The van der Waals surface area contributed by atoms with Gasteiger partial charge in [-0.15, -0.1) is 0 Å². The second kappa shape index (κ2) is 7.64. The minimum absolute atomic E-state index is 0.0202. The highest BCUT2D eigenvalue weighted by atomic mass is 32.2. The number of benzene rings is 2. The van der Waals surface area contributed by atoms with Gasteiger partial charge in [0, 0.05) is 31.3 Å². The van der Waals surface area contributed by atoms with Crippen molar-refractivity contribution in [1.82, 2.24) is 4.31 Å². The maximum Gasteiger partial charge on any atom is 0.213 e. The van der Waals surface area contributed by atoms with E-state index in [0.29, 0.717) is 0 Å². The van der Waals surface area contributed by atoms with Crippen LogP contribution in [0.3, 0.4) is 0 Å². The van der Waals surface area contributed by atoms with Crippen molar-refractivity contribution in [3.05, 3.63) is 58.9 Å². The molecule has 1 saturated carbocycles. The predicted octanol–water partition coefficient (Wildman–Crippen LogP) is 3.78. The van der Waals surface area contributed by atoms with Crippen LogP contribution in [0.5, 0.6) is 0 Å². The number of halogens is 1. The SMILES string of the molecule is CCS(=O)(=O)N1CC2(CC(=O)C(c3c(C)cc(-c4ccc(F)cc4)cc3C)C(=O)C2)C1. The lowest BCUT2D eigenvalue weighted by molar-refractivity contribution is -0.140. The van der Waals surface area contributed by atoms with Crippen molar-refractivity contribution in [1.29, 1.82) is 0 Å². The fourth-order valence-electron chi connectivity index (χ4n) is 5.05. The molecule has 1 saturated heterocycles. The number of aryl methyl sites for hydroxylation is 2. The van der Waals surface area contributed by atoms with Crippen LogP contribution >= 0.6 is 0 Å². The van der Waals surface area contributed by atoms with Crippen molar-refractivity contribution in [3.63, 3.8) is 0 Å². The van der Waals surface area contributed by atoms with Gasteiger partial charge < -0.3 is 0 Å². The number of hydrogen-bond donors (Lipinski definition) is 0. The predicted molar refractivity (Wildman–Crippen MR) is 117 cm³/mol. The number of hydrogen-bond acceptors (Lipinski definition) is 4. The lowest BCUT2D eigenvalue weighted by Gasteiger charge is -2.51. The second-order valence-electron chi connectivity index (χ2n) is 8.92. The van der Waals surface area contributed by atoms with E-state index in [4.69, 9.17) is 0 Å². The van der Waals surface area contributed by atoms with Gasteiger partial charge in [0.1, 0.15) is 23.3 Å². The number of sulfonamides is 1. The topological polar surface area (TPSA) is 71.5 Å². The summed E-state index contributed by atoms with van der Waals surface area (Å²) >= 11 is 0. The van der Waals surface area contributed by atoms with Gasteiger partial charge in [0.15, 0.2) is 0 Å². The lowest BCUT2D eigenvalue weighted by Crippen LogP contribution is -2.62. The van der Waals surface area contributed by atoms with Crippen LogP contribution in [0.15, 0.2) is 36.4 Å². The van der Waals surface area contributed by atoms with E-state index in [9.17, 15) is 22.4 Å². The van der Waals surface area contributed by atoms with Gasteiger partial charge >= 0.3 is 0 Å². The molecule has 2 aromatic rings. The van der Waals surface area contributed by atoms with E-state index in [0.717, 1.165) is 27.8 Å². The average Bonchev–Trinajstić information content (AvgIpc) is 2.67. The van der Waals surface area contributed by atoms with Crippen LogP contribution in [-0.4, -0.2) is 43.1 Å². The fraction of sp³-hybridized carbons (Fsp3) is 0.417. The molecule has 2 aliphatic rings. The smallest absolute Gasteiger partial charge is 0.213 e. The molecule has 7 heteroatoms. The molecule has 31 heavy (non-hydrogen) atoms. The monoisotopic (exact) mass is 443 g/mol. The molecular formula is C24H26FNO4S. The van der Waals surface area contributed by atoms with E-state index < -0.39 is 21.4 Å². The molecule has 0 bridgehead atoms. The number of ketones is 2. The first kappa shape index (κ1) is 21.8. The first-order valence-electron chi connectivity index (χ1n) is 10.5. The highest BCUT2D eigenvalue weighted by Crippen LogP contribution is 2.47. The molecule has 1 aliphatic carbocycles. The van der Waals surface area contributed by atoms with Gasteiger partial charge in [-0.3, -0.25) is 9.59 Å². The maximum absolute atomic E-state index is 13.2. The summed E-state index contributed by atoms with van der Waals surface area (Å²) < 4.78 is 38.7. The van der Waals surface area contributed by atoms with Gasteiger partial charge in [-0.2, -0.15) is 0 Å². The number of Topliss-reactive ketones (excluding diaryl/α,β-unsaturated/α-hetero) is 2. The van der Waals surface area contributed by atoms with Crippen LogP contribution in [-0.2, 0) is 19.6 Å². The zero-order chi connectivity index (χ0) is 22.6. The van der Waals surface area contributed by atoms with Crippen molar-refractivity contribution in [3.8, 4) is 11.1 Å². The molecule has 0 amide bonds. The molecule has 2 aromatic carbocycles. The number of carbonyl (C=O) groups is 2. The molecule has 4 rings (SSSR count). The van der Waals surface area contributed by atoms with Gasteiger partial charge in [-0.1, -0.05) is 24.3 Å². The van der Waals surface area contributed by atoms with Gasteiger partial charge in [0.2, 0.25) is 10.0 Å². The Labute approximate surface area is 182 Å². The van der Waals surface area contributed by atoms with Crippen molar-refractivity contribution < 1.29 is 22.4 Å². The summed E-state index contributed by atoms with van der Waals surface area (Å²) in [6.45, 7) is 5.86. The molecule has 0 unspecified atom stereocenters. The molecule has 164 valence electrons. The second-order valence-corrected chi connectivity index (χ2v) is 11.2. The van der Waals surface area contributed by atoms with Crippen molar-refractivity contribution in [2.75, 3.05) is 18.8 Å². The molecule has 1 heterocycles. The van der Waals surface area contributed by atoms with Crippen LogP contribution in [0.25, 0.3) is 11.1 Å². The van der Waals surface area contributed by atoms with E-state index in [-0.39, 0.29) is 49.1 Å². The Morgan fingerprint density at radius 1 is 0.968 bits per heavy atom. The van der Waals surface area contributed by atoms with Crippen LogP contribution in [0.1, 0.15) is 42.4 Å². The third-order valence-corrected chi connectivity index (χ3v) is 8.36. The quantitative estimate of drug-likeness (QED) is 0.675. The highest BCUT2D eigenvalue weighted by Gasteiger charge is 2.54. The Hall–Kier alpha value is -2.38. The molecule has 0 N–H and O–H groups in total. The summed E-state index contributed by atoms with van der Waals surface area (Å²) in [7, 11) is -3.30. The van der Waals surface area contributed by atoms with Gasteiger partial charge in [-0.25, -0.2) is 17.1 Å². The maximum atomic E-state index is 13.2. The van der Waals surface area contributed by atoms with E-state index >= 15 is 0 Å². The van der Waals surface area contributed by atoms with Crippen molar-refractivity contribution >= 4 is 21.6 Å². The number of carbonyl (C=O) groups excluding carboxylic acids is 2. The number of nitrogens with zero attached hydrogens (tertiary/aromatic N) is 1. The standard InChI is InChI=1S/C24H26FNO4S/c1-4-31(29,30)26-13-24(14-26)11-20(27)23(21(28)12-24)22-15(2)9-18(10-16(22)3)17-5-7-19(25)8-6-17/h5-10,23H,4,11-14H2,1-3H3. The summed E-state index contributed by atoms with van der Waals surface area (Å²) in [6, 6.07) is 10.1. The molecule has 2 fully saturated rings. The zero-order valence-corrected chi connectivity index (χ0v) is 18.8. The van der Waals surface area contributed by atoms with Crippen molar-refractivity contribution in [2.45, 2.75) is 39.5 Å². The molecule has 1 spiro atoms. The summed E-state index contributed by atoms with van der Waals surface area (Å²) in [5.41, 5.74) is 3.67. The molecular weight excluding hydrogens is 417 g/mol. The Morgan fingerprint density at radius 3 is 1.97 bits per heavy atom. The van der Waals surface area contributed by atoms with Crippen LogP contribution < -0.4 is 0 Å². The first-order chi connectivity index (χ1) is 14.5. The minimum Gasteiger partial charge on any atom is -0.298 e. The highest BCUT2D eigenvalue weighted by molar-refractivity contribution is 7.89. The summed E-state index contributed by atoms with van der Waals surface area (Å²) in [5.74, 6) is -1.35. The Kier molecular flexibility index (Phi) is 5.38. The molecule has 0 aromatic heterocycles. The third-order valence-electron chi connectivity index (χ3n) is 6.58. The molecule has 1 aliphatic heterocycles. The van der Waals surface area contributed by atoms with E-state index in [1.54, 1.807) is 19.1 Å². The van der Waals surface area contributed by atoms with Crippen LogP contribution in [0, 0.1) is 25.1 Å². The Morgan fingerprint density at radius 2 is 1.48 bits per heavy atom. The summed E-state index contributed by atoms with van der Waals surface area (Å²) in [6.07, 6.45) is 0.440. The van der Waals surface area contributed by atoms with Gasteiger partial charge in [0.25, 0.3) is 0 Å². The fourth-order valence-corrected chi connectivity index (χ4v) is 6.36. The zero-order valence-electron chi connectivity index (χ0n) is 17.9. The first-order valence-corrected chi connectivity index (χ1v) is 12.1. The third kappa shape index (κ3) is 3.85. The molecule has 0 radical (unpaired) electrons. The summed E-state index contributed by atoms with van der Waals surface area (Å²) in [5, 5.41) is 0. The number of rotatable bonds is 4. The van der Waals surface area contributed by atoms with Crippen molar-refractivity contribution in [2.24, 2.45) is 5.41 Å². The Bertz CT molecular complexity index is 1120. The van der Waals surface area contributed by atoms with Gasteiger partial charge in [-0.05, 0) is 60.7 Å². The molecule has 5 nitrogen and oxygen atoms in total. The Balaban J connectivity index is 1.59. The van der Waals surface area contributed by atoms with E-state index in [2.05, 4.69) is 0 Å². The largest absolute Gasteiger partial charge is 0.298 e. The normalized spacial score (nSPS) is 19.6. The van der Waals surface area contributed by atoms with E-state index in [1.807, 2.05) is 26.0 Å². The lowest BCUT2D eigenvalue weighted by atomic mass is 9.63. The summed E-state index contributed by atoms with van der Waals surface area (Å²) in [4.78, 5) is 26.2.